The molecule has 1 unspecified atom stereocenters. The van der Waals surface area contributed by atoms with E-state index in [1.807, 2.05) is 76.8 Å². The summed E-state index contributed by atoms with van der Waals surface area (Å²) in [6.07, 6.45) is 6.17. The minimum atomic E-state index is -0.0508. The maximum atomic E-state index is 12.7. The minimum absolute atomic E-state index is 0.0508. The predicted octanol–water partition coefficient (Wildman–Crippen LogP) is 6.47. The van der Waals surface area contributed by atoms with Gasteiger partial charge in [0.1, 0.15) is 5.69 Å². The largest absolute Gasteiger partial charge is 0.326 e. The number of hydrogen-bond donors (Lipinski definition) is 2. The second-order valence-corrected chi connectivity index (χ2v) is 12.1. The predicted molar refractivity (Wildman–Crippen MR) is 173 cm³/mol. The van der Waals surface area contributed by atoms with Crippen LogP contribution in [-0.2, 0) is 24.1 Å². The van der Waals surface area contributed by atoms with Crippen molar-refractivity contribution in [1.82, 2.24) is 24.5 Å². The number of anilines is 3. The number of aromatic nitrogens is 4. The van der Waals surface area contributed by atoms with E-state index in [1.54, 1.807) is 17.5 Å². The van der Waals surface area contributed by atoms with Gasteiger partial charge in [-0.2, -0.15) is 5.10 Å². The van der Waals surface area contributed by atoms with Gasteiger partial charge in [0.05, 0.1) is 23.2 Å². The molecule has 1 amide bonds. The summed E-state index contributed by atoms with van der Waals surface area (Å²) >= 11 is 1.58. The fourth-order valence-electron chi connectivity index (χ4n) is 5.70. The number of likely N-dealkylation sites (N-methyl/N-ethyl adjacent to an activating group) is 1. The number of thiophene rings is 1. The Hall–Kier alpha value is -4.86. The van der Waals surface area contributed by atoms with Crippen molar-refractivity contribution in [3.63, 3.8) is 0 Å². The van der Waals surface area contributed by atoms with Crippen LogP contribution in [-0.4, -0.2) is 50.5 Å². The summed E-state index contributed by atoms with van der Waals surface area (Å²) in [6, 6.07) is 26.7. The van der Waals surface area contributed by atoms with Crippen LogP contribution in [0.25, 0.3) is 28.0 Å². The first-order valence-corrected chi connectivity index (χ1v) is 15.2. The molecule has 1 aliphatic rings. The molecule has 0 saturated carbocycles. The maximum Gasteiger partial charge on any atom is 0.229 e. The van der Waals surface area contributed by atoms with Gasteiger partial charge in [-0.15, -0.1) is 11.3 Å². The molecule has 7 rings (SSSR count). The van der Waals surface area contributed by atoms with Crippen molar-refractivity contribution < 1.29 is 4.79 Å². The molecule has 0 spiro atoms. The first-order chi connectivity index (χ1) is 21.0. The zero-order chi connectivity index (χ0) is 29.3. The number of benzene rings is 2. The summed E-state index contributed by atoms with van der Waals surface area (Å²) in [7, 11) is 4.28. The highest BCUT2D eigenvalue weighted by Crippen LogP contribution is 2.36. The number of rotatable bonds is 8. The summed E-state index contributed by atoms with van der Waals surface area (Å²) in [5.41, 5.74) is 8.72. The number of nitrogens with zero attached hydrogens (tertiary/aromatic N) is 5. The van der Waals surface area contributed by atoms with Gasteiger partial charge in [0, 0.05) is 40.3 Å². The Labute approximate surface area is 254 Å². The van der Waals surface area contributed by atoms with Crippen molar-refractivity contribution in [3.05, 3.63) is 113 Å². The number of carbonyl (C=O) groups is 1. The summed E-state index contributed by atoms with van der Waals surface area (Å²) in [4.78, 5) is 25.5. The van der Waals surface area contributed by atoms with Crippen molar-refractivity contribution >= 4 is 40.1 Å². The first kappa shape index (κ1) is 27.0. The molecular formula is C34H31N7OS. The second kappa shape index (κ2) is 11.4. The van der Waals surface area contributed by atoms with Gasteiger partial charge in [0.25, 0.3) is 0 Å². The smallest absolute Gasteiger partial charge is 0.229 e. The van der Waals surface area contributed by atoms with Crippen molar-refractivity contribution in [2.24, 2.45) is 0 Å². The quantitative estimate of drug-likeness (QED) is 0.213. The Bertz CT molecular complexity index is 1930. The van der Waals surface area contributed by atoms with Gasteiger partial charge in [0.15, 0.2) is 0 Å². The number of carbonyl (C=O) groups excluding carboxylic acids is 1. The SMILES string of the molecule is CN(C)C1Cc2ccc(Nc3nccc(-c4c(-c5cccc(NC(=O)Cc6cccs6)c5)nn5ccccc45)n3)cc2C1. The molecule has 8 nitrogen and oxygen atoms in total. The molecule has 2 N–H and O–H groups in total. The van der Waals surface area contributed by atoms with Gasteiger partial charge in [-0.05, 0) is 92.0 Å². The molecule has 1 atom stereocenters. The van der Waals surface area contributed by atoms with Crippen LogP contribution in [0.5, 0.6) is 0 Å². The number of pyridine rings is 1. The van der Waals surface area contributed by atoms with Crippen LogP contribution in [0.1, 0.15) is 16.0 Å². The van der Waals surface area contributed by atoms with Crippen molar-refractivity contribution in [2.45, 2.75) is 25.3 Å². The molecule has 0 radical (unpaired) electrons. The molecule has 9 heteroatoms. The molecule has 0 saturated heterocycles. The molecule has 214 valence electrons. The Kier molecular flexibility index (Phi) is 7.18. The Morgan fingerprint density at radius 1 is 0.977 bits per heavy atom. The zero-order valence-corrected chi connectivity index (χ0v) is 24.8. The van der Waals surface area contributed by atoms with Gasteiger partial charge >= 0.3 is 0 Å². The summed E-state index contributed by atoms with van der Waals surface area (Å²) in [6.45, 7) is 0. The molecular weight excluding hydrogens is 554 g/mol. The highest BCUT2D eigenvalue weighted by molar-refractivity contribution is 7.10. The van der Waals surface area contributed by atoms with E-state index in [-0.39, 0.29) is 5.91 Å². The van der Waals surface area contributed by atoms with Crippen molar-refractivity contribution in [2.75, 3.05) is 24.7 Å². The molecule has 4 heterocycles. The van der Waals surface area contributed by atoms with Gasteiger partial charge in [0.2, 0.25) is 11.9 Å². The Balaban J connectivity index is 1.20. The zero-order valence-electron chi connectivity index (χ0n) is 24.0. The Morgan fingerprint density at radius 3 is 2.74 bits per heavy atom. The topological polar surface area (TPSA) is 87.5 Å². The molecule has 1 aliphatic carbocycles. The highest BCUT2D eigenvalue weighted by atomic mass is 32.1. The summed E-state index contributed by atoms with van der Waals surface area (Å²) < 4.78 is 1.86. The van der Waals surface area contributed by atoms with Crippen LogP contribution in [0, 0.1) is 0 Å². The van der Waals surface area contributed by atoms with E-state index in [0.717, 1.165) is 57.1 Å². The van der Waals surface area contributed by atoms with E-state index < -0.39 is 0 Å². The molecule has 0 fully saturated rings. The van der Waals surface area contributed by atoms with E-state index >= 15 is 0 Å². The lowest BCUT2D eigenvalue weighted by molar-refractivity contribution is -0.115. The van der Waals surface area contributed by atoms with Crippen LogP contribution >= 0.6 is 11.3 Å². The number of fused-ring (bicyclic) bond motifs is 2. The third-order valence-electron chi connectivity index (χ3n) is 7.89. The first-order valence-electron chi connectivity index (χ1n) is 14.3. The molecule has 0 aliphatic heterocycles. The fourth-order valence-corrected chi connectivity index (χ4v) is 6.40. The molecule has 0 bridgehead atoms. The van der Waals surface area contributed by atoms with Crippen molar-refractivity contribution in [1.29, 1.82) is 0 Å². The fraction of sp³-hybridized carbons (Fsp3) is 0.176. The monoisotopic (exact) mass is 585 g/mol. The van der Waals surface area contributed by atoms with Crippen LogP contribution in [0.4, 0.5) is 17.3 Å². The van der Waals surface area contributed by atoms with Gasteiger partial charge < -0.3 is 15.5 Å². The number of nitrogens with one attached hydrogen (secondary N) is 2. The lowest BCUT2D eigenvalue weighted by Gasteiger charge is -2.17. The van der Waals surface area contributed by atoms with Crippen LogP contribution in [0.15, 0.2) is 96.6 Å². The minimum Gasteiger partial charge on any atom is -0.326 e. The van der Waals surface area contributed by atoms with Gasteiger partial charge in [-0.3, -0.25) is 4.79 Å². The lowest BCUT2D eigenvalue weighted by Crippen LogP contribution is -2.27. The maximum absolute atomic E-state index is 12.7. The van der Waals surface area contributed by atoms with Crippen LogP contribution < -0.4 is 10.6 Å². The average molecular weight is 586 g/mol. The number of hydrogen-bond acceptors (Lipinski definition) is 7. The van der Waals surface area contributed by atoms with Crippen LogP contribution in [0.3, 0.4) is 0 Å². The summed E-state index contributed by atoms with van der Waals surface area (Å²) in [5.74, 6) is 0.473. The highest BCUT2D eigenvalue weighted by Gasteiger charge is 2.23. The standard InChI is InChI=1S/C34H31N7OS/c1-40(2)27-19-22-11-12-26(18-24(22)20-27)37-34-35-14-13-29(38-34)32-30-10-3-4-15-41(30)39-33(32)23-7-5-8-25(17-23)36-31(42)21-28-9-6-16-43-28/h3-18,27H,19-21H2,1-2H3,(H,36,42)(H,35,37,38). The van der Waals surface area contributed by atoms with Gasteiger partial charge in [-0.25, -0.2) is 14.5 Å². The third kappa shape index (κ3) is 5.64. The Morgan fingerprint density at radius 2 is 1.88 bits per heavy atom. The van der Waals surface area contributed by atoms with E-state index in [4.69, 9.17) is 10.1 Å². The average Bonchev–Trinajstić information content (AvgIpc) is 3.76. The molecule has 2 aromatic carbocycles. The van der Waals surface area contributed by atoms with E-state index in [0.29, 0.717) is 18.4 Å². The van der Waals surface area contributed by atoms with Crippen LogP contribution in [0.2, 0.25) is 0 Å². The summed E-state index contributed by atoms with van der Waals surface area (Å²) in [5, 5.41) is 13.4. The third-order valence-corrected chi connectivity index (χ3v) is 8.77. The van der Waals surface area contributed by atoms with E-state index in [9.17, 15) is 4.79 Å². The second-order valence-electron chi connectivity index (χ2n) is 11.0. The molecule has 6 aromatic rings. The van der Waals surface area contributed by atoms with Crippen molar-refractivity contribution in [3.8, 4) is 22.5 Å². The molecule has 43 heavy (non-hydrogen) atoms. The number of amides is 1. The lowest BCUT2D eigenvalue weighted by atomic mass is 10.0. The van der Waals surface area contributed by atoms with E-state index in [1.165, 1.54) is 11.1 Å². The van der Waals surface area contributed by atoms with Gasteiger partial charge in [-0.1, -0.05) is 30.3 Å². The molecule has 4 aromatic heterocycles. The normalized spacial score (nSPS) is 14.3. The van der Waals surface area contributed by atoms with E-state index in [2.05, 4.69) is 52.8 Å².